The Morgan fingerprint density at radius 3 is 2.73 bits per heavy atom. The predicted octanol–water partition coefficient (Wildman–Crippen LogP) is 2.16. The second-order valence-electron chi connectivity index (χ2n) is 6.49. The second kappa shape index (κ2) is 4.72. The van der Waals surface area contributed by atoms with E-state index < -0.39 is 5.41 Å². The Kier molecular flexibility index (Phi) is 2.92. The van der Waals surface area contributed by atoms with Crippen molar-refractivity contribution in [2.45, 2.75) is 30.8 Å². The van der Waals surface area contributed by atoms with Crippen molar-refractivity contribution in [3.8, 4) is 6.07 Å². The van der Waals surface area contributed by atoms with Gasteiger partial charge in [0.25, 0.3) is 0 Å². The molecular formula is C17H19N3O2. The Morgan fingerprint density at radius 2 is 2.09 bits per heavy atom. The predicted molar refractivity (Wildman–Crippen MR) is 81.2 cm³/mol. The molecule has 0 bridgehead atoms. The summed E-state index contributed by atoms with van der Waals surface area (Å²) in [6, 6.07) is 10.4. The Balaban J connectivity index is 1.74. The van der Waals surface area contributed by atoms with Crippen LogP contribution in [0.1, 0.15) is 24.8 Å². The number of rotatable bonds is 3. The van der Waals surface area contributed by atoms with Crippen LogP contribution in [0, 0.1) is 23.2 Å². The Morgan fingerprint density at radius 1 is 1.36 bits per heavy atom. The number of hydrogen-bond acceptors (Lipinski definition) is 4. The van der Waals surface area contributed by atoms with Gasteiger partial charge >= 0.3 is 6.09 Å². The number of nitrogens with two attached hydrogens (primary N) is 1. The van der Waals surface area contributed by atoms with Crippen molar-refractivity contribution >= 4 is 11.8 Å². The number of nitrogens with zero attached hydrogens (tertiary/aromatic N) is 2. The average Bonchev–Trinajstić information content (AvgIpc) is 2.89. The molecule has 1 amide bonds. The molecule has 0 radical (unpaired) electrons. The molecule has 2 N–H and O–H groups in total. The van der Waals surface area contributed by atoms with Crippen LogP contribution in [0.25, 0.3) is 0 Å². The highest BCUT2D eigenvalue weighted by atomic mass is 16.6. The quantitative estimate of drug-likeness (QED) is 0.927. The summed E-state index contributed by atoms with van der Waals surface area (Å²) in [4.78, 5) is 13.8. The summed E-state index contributed by atoms with van der Waals surface area (Å²) in [5, 5.41) is 9.84. The van der Waals surface area contributed by atoms with Crippen molar-refractivity contribution < 1.29 is 9.53 Å². The van der Waals surface area contributed by atoms with Gasteiger partial charge in [0.15, 0.2) is 0 Å². The molecule has 1 aromatic rings. The van der Waals surface area contributed by atoms with Crippen molar-refractivity contribution in [3.63, 3.8) is 0 Å². The Bertz CT molecular complexity index is 656. The maximum absolute atomic E-state index is 12.1. The maximum atomic E-state index is 12.1. The van der Waals surface area contributed by atoms with E-state index in [2.05, 4.69) is 6.07 Å². The van der Waals surface area contributed by atoms with Gasteiger partial charge in [-0.25, -0.2) is 4.79 Å². The first kappa shape index (κ1) is 13.6. The maximum Gasteiger partial charge on any atom is 0.414 e. The molecule has 1 saturated heterocycles. The van der Waals surface area contributed by atoms with E-state index in [0.717, 1.165) is 24.1 Å². The second-order valence-corrected chi connectivity index (χ2v) is 6.49. The summed E-state index contributed by atoms with van der Waals surface area (Å²) in [5.41, 5.74) is 7.02. The van der Waals surface area contributed by atoms with Crippen LogP contribution in [-0.2, 0) is 10.2 Å². The number of fused-ring (bicyclic) bond motifs is 1. The normalized spacial score (nSPS) is 35.9. The zero-order valence-electron chi connectivity index (χ0n) is 12.4. The topological polar surface area (TPSA) is 79.3 Å². The Labute approximate surface area is 129 Å². The van der Waals surface area contributed by atoms with E-state index >= 15 is 0 Å². The minimum Gasteiger partial charge on any atom is -0.443 e. The Hall–Kier alpha value is -2.06. The fourth-order valence-corrected chi connectivity index (χ4v) is 4.48. The molecule has 3 fully saturated rings. The largest absolute Gasteiger partial charge is 0.443 e. The van der Waals surface area contributed by atoms with Gasteiger partial charge in [0.05, 0.1) is 23.7 Å². The summed E-state index contributed by atoms with van der Waals surface area (Å²) in [6.07, 6.45) is 2.81. The first-order valence-corrected chi connectivity index (χ1v) is 7.91. The summed E-state index contributed by atoms with van der Waals surface area (Å²) >= 11 is 0. The van der Waals surface area contributed by atoms with Gasteiger partial charge in [0.1, 0.15) is 6.10 Å². The van der Waals surface area contributed by atoms with Crippen molar-refractivity contribution in [1.82, 2.24) is 0 Å². The minimum absolute atomic E-state index is 0.266. The zero-order chi connectivity index (χ0) is 15.3. The van der Waals surface area contributed by atoms with Gasteiger partial charge in [-0.05, 0) is 36.3 Å². The number of carbonyl (C=O) groups excluding carboxylic acids is 1. The smallest absolute Gasteiger partial charge is 0.414 e. The van der Waals surface area contributed by atoms with Crippen molar-refractivity contribution in [3.05, 3.63) is 29.8 Å². The molecule has 1 heterocycles. The number of carbonyl (C=O) groups is 1. The first-order valence-electron chi connectivity index (χ1n) is 7.91. The number of cyclic esters (lactones) is 1. The third-order valence-corrected chi connectivity index (χ3v) is 5.54. The van der Waals surface area contributed by atoms with Crippen LogP contribution in [0.2, 0.25) is 0 Å². The van der Waals surface area contributed by atoms with Gasteiger partial charge in [-0.1, -0.05) is 24.6 Å². The number of amides is 1. The molecule has 0 aromatic heterocycles. The molecular weight excluding hydrogens is 278 g/mol. The monoisotopic (exact) mass is 297 g/mol. The lowest BCUT2D eigenvalue weighted by Gasteiger charge is -2.22. The number of hydrogen-bond donors (Lipinski definition) is 1. The average molecular weight is 297 g/mol. The van der Waals surface area contributed by atoms with Crippen LogP contribution >= 0.6 is 0 Å². The molecule has 2 unspecified atom stereocenters. The van der Waals surface area contributed by atoms with E-state index in [9.17, 15) is 10.1 Å². The van der Waals surface area contributed by atoms with Gasteiger partial charge < -0.3 is 10.5 Å². The van der Waals surface area contributed by atoms with Gasteiger partial charge in [-0.3, -0.25) is 4.90 Å². The molecule has 1 aromatic carbocycles. The van der Waals surface area contributed by atoms with Crippen LogP contribution in [-0.4, -0.2) is 25.3 Å². The van der Waals surface area contributed by atoms with Gasteiger partial charge in [0, 0.05) is 6.54 Å². The number of nitriles is 1. The van der Waals surface area contributed by atoms with Crippen LogP contribution in [0.3, 0.4) is 0 Å². The van der Waals surface area contributed by atoms with Gasteiger partial charge in [-0.2, -0.15) is 5.26 Å². The van der Waals surface area contributed by atoms with E-state index in [-0.39, 0.29) is 12.2 Å². The number of ether oxygens (including phenoxy) is 1. The van der Waals surface area contributed by atoms with Crippen molar-refractivity contribution in [1.29, 1.82) is 5.26 Å². The van der Waals surface area contributed by atoms with Crippen molar-refractivity contribution in [2.75, 3.05) is 18.0 Å². The highest BCUT2D eigenvalue weighted by molar-refractivity contribution is 5.91. The third-order valence-electron chi connectivity index (χ3n) is 5.54. The van der Waals surface area contributed by atoms with E-state index in [0.29, 0.717) is 24.9 Å². The molecule has 5 heteroatoms. The summed E-state index contributed by atoms with van der Waals surface area (Å²) in [5.74, 6) is 0.894. The molecule has 2 aliphatic carbocycles. The fraction of sp³-hybridized carbons (Fsp3) is 0.529. The van der Waals surface area contributed by atoms with Crippen LogP contribution in [0.5, 0.6) is 0 Å². The summed E-state index contributed by atoms with van der Waals surface area (Å²) < 4.78 is 5.27. The van der Waals surface area contributed by atoms with Crippen LogP contribution < -0.4 is 10.6 Å². The first-order chi connectivity index (χ1) is 10.7. The van der Waals surface area contributed by atoms with E-state index in [4.69, 9.17) is 10.5 Å². The SMILES string of the molecule is N#CC1(c2ccccc2N2C[C@@H](CN)OC2=O)C2CCC[C@@H]21. The lowest BCUT2D eigenvalue weighted by molar-refractivity contribution is 0.145. The third kappa shape index (κ3) is 1.65. The van der Waals surface area contributed by atoms with Crippen LogP contribution in [0.4, 0.5) is 10.5 Å². The molecule has 0 spiro atoms. The van der Waals surface area contributed by atoms with Gasteiger partial charge in [0.2, 0.25) is 0 Å². The minimum atomic E-state index is -0.407. The molecule has 114 valence electrons. The summed E-state index contributed by atoms with van der Waals surface area (Å²) in [6.45, 7) is 0.780. The molecule has 22 heavy (non-hydrogen) atoms. The van der Waals surface area contributed by atoms with E-state index in [1.165, 1.54) is 6.42 Å². The lowest BCUT2D eigenvalue weighted by atomic mass is 9.87. The highest BCUT2D eigenvalue weighted by Crippen LogP contribution is 2.68. The lowest BCUT2D eigenvalue weighted by Crippen LogP contribution is -2.29. The zero-order valence-corrected chi connectivity index (χ0v) is 12.4. The molecule has 5 nitrogen and oxygen atoms in total. The fourth-order valence-electron chi connectivity index (χ4n) is 4.48. The number of anilines is 1. The number of para-hydroxylation sites is 1. The van der Waals surface area contributed by atoms with Crippen molar-refractivity contribution in [2.24, 2.45) is 17.6 Å². The number of benzene rings is 1. The van der Waals surface area contributed by atoms with Crippen LogP contribution in [0.15, 0.2) is 24.3 Å². The highest BCUT2D eigenvalue weighted by Gasteiger charge is 2.68. The summed E-state index contributed by atoms with van der Waals surface area (Å²) in [7, 11) is 0. The molecule has 4 rings (SSSR count). The standard InChI is InChI=1S/C17H19N3O2/c18-8-11-9-20(16(21)22-11)15-7-2-1-4-14(15)17(10-19)12-5-3-6-13(12)17/h1-2,4,7,11-13H,3,5-6,8-9,18H2/t11-,12+,13?,17?/m1/s1. The van der Waals surface area contributed by atoms with E-state index in [1.807, 2.05) is 24.3 Å². The molecule has 1 aliphatic heterocycles. The molecule has 3 aliphatic rings. The molecule has 4 atom stereocenters. The molecule has 2 saturated carbocycles. The van der Waals surface area contributed by atoms with E-state index in [1.54, 1.807) is 4.90 Å². The van der Waals surface area contributed by atoms with Gasteiger partial charge in [-0.15, -0.1) is 0 Å².